The lowest BCUT2D eigenvalue weighted by Crippen LogP contribution is -2.48. The van der Waals surface area contributed by atoms with Gasteiger partial charge in [-0.15, -0.1) is 0 Å². The molecule has 12 heavy (non-hydrogen) atoms. The van der Waals surface area contributed by atoms with Crippen LogP contribution in [0.15, 0.2) is 0 Å². The van der Waals surface area contributed by atoms with E-state index in [-0.39, 0.29) is 0 Å². The molecule has 0 aromatic heterocycles. The van der Waals surface area contributed by atoms with E-state index in [1.54, 1.807) is 0 Å². The number of nitrogens with two attached hydrogens (primary N) is 1. The first kappa shape index (κ1) is 9.76. The van der Waals surface area contributed by atoms with Crippen LogP contribution in [0.25, 0.3) is 0 Å². The zero-order chi connectivity index (χ0) is 9.19. The highest BCUT2D eigenvalue weighted by Gasteiger charge is 2.44. The SMILES string of the molecule is NCC(N1CCCO1)C(F)(F)F. The molecule has 1 aliphatic heterocycles. The second-order valence-electron chi connectivity index (χ2n) is 2.62. The molecule has 0 saturated carbocycles. The fraction of sp³-hybridized carbons (Fsp3) is 1.00. The van der Waals surface area contributed by atoms with E-state index < -0.39 is 18.8 Å². The Kier molecular flexibility index (Phi) is 2.92. The molecule has 1 fully saturated rings. The van der Waals surface area contributed by atoms with Gasteiger partial charge in [0, 0.05) is 13.1 Å². The molecule has 1 heterocycles. The van der Waals surface area contributed by atoms with E-state index in [0.717, 1.165) is 5.06 Å². The van der Waals surface area contributed by atoms with Gasteiger partial charge in [-0.3, -0.25) is 4.84 Å². The number of halogens is 3. The van der Waals surface area contributed by atoms with Gasteiger partial charge >= 0.3 is 6.18 Å². The van der Waals surface area contributed by atoms with Gasteiger partial charge < -0.3 is 5.73 Å². The van der Waals surface area contributed by atoms with E-state index in [9.17, 15) is 13.2 Å². The molecule has 72 valence electrons. The van der Waals surface area contributed by atoms with Crippen molar-refractivity contribution in [2.45, 2.75) is 18.6 Å². The lowest BCUT2D eigenvalue weighted by molar-refractivity contribution is -0.250. The summed E-state index contributed by atoms with van der Waals surface area (Å²) in [5.74, 6) is 0. The highest BCUT2D eigenvalue weighted by molar-refractivity contribution is 4.76. The van der Waals surface area contributed by atoms with E-state index in [0.29, 0.717) is 19.6 Å². The second kappa shape index (κ2) is 3.59. The predicted octanol–water partition coefficient (Wildman–Crippen LogP) is 0.513. The van der Waals surface area contributed by atoms with Crippen LogP contribution < -0.4 is 5.73 Å². The molecule has 1 aliphatic rings. The summed E-state index contributed by atoms with van der Waals surface area (Å²) in [4.78, 5) is 4.77. The molecule has 0 bridgehead atoms. The number of hydrogen-bond donors (Lipinski definition) is 1. The Labute approximate surface area is 68.2 Å². The molecule has 2 N–H and O–H groups in total. The number of nitrogens with zero attached hydrogens (tertiary/aromatic N) is 1. The summed E-state index contributed by atoms with van der Waals surface area (Å²) in [6, 6.07) is -1.65. The Morgan fingerprint density at radius 1 is 1.50 bits per heavy atom. The van der Waals surface area contributed by atoms with Gasteiger partial charge in [0.1, 0.15) is 6.04 Å². The van der Waals surface area contributed by atoms with Crippen molar-refractivity contribution < 1.29 is 18.0 Å². The van der Waals surface area contributed by atoms with Gasteiger partial charge in [0.25, 0.3) is 0 Å². The minimum atomic E-state index is -4.29. The normalized spacial score (nSPS) is 23.0. The molecule has 0 amide bonds. The Hall–Kier alpha value is -0.330. The minimum Gasteiger partial charge on any atom is -0.328 e. The highest BCUT2D eigenvalue weighted by Crippen LogP contribution is 2.26. The third-order valence-electron chi connectivity index (χ3n) is 1.73. The molecular formula is C6H11F3N2O. The van der Waals surface area contributed by atoms with Crippen molar-refractivity contribution in [1.82, 2.24) is 5.06 Å². The molecule has 1 rings (SSSR count). The van der Waals surface area contributed by atoms with Crippen LogP contribution in [0.4, 0.5) is 13.2 Å². The maximum atomic E-state index is 12.2. The summed E-state index contributed by atoms with van der Waals surface area (Å²) in [5.41, 5.74) is 5.00. The van der Waals surface area contributed by atoms with Crippen molar-refractivity contribution in [1.29, 1.82) is 0 Å². The maximum absolute atomic E-state index is 12.2. The standard InChI is InChI=1S/C6H11F3N2O/c7-6(8,9)5(4-10)11-2-1-3-12-11/h5H,1-4,10H2. The second-order valence-corrected chi connectivity index (χ2v) is 2.62. The zero-order valence-corrected chi connectivity index (χ0v) is 6.47. The topological polar surface area (TPSA) is 38.5 Å². The highest BCUT2D eigenvalue weighted by atomic mass is 19.4. The van der Waals surface area contributed by atoms with E-state index in [4.69, 9.17) is 10.6 Å². The summed E-state index contributed by atoms with van der Waals surface area (Å²) in [7, 11) is 0. The average molecular weight is 184 g/mol. The molecule has 1 atom stereocenters. The van der Waals surface area contributed by atoms with Gasteiger partial charge in [-0.2, -0.15) is 18.2 Å². The van der Waals surface area contributed by atoms with Gasteiger partial charge in [-0.1, -0.05) is 0 Å². The average Bonchev–Trinajstić information content (AvgIpc) is 2.38. The number of hydrogen-bond acceptors (Lipinski definition) is 3. The molecule has 0 aromatic carbocycles. The largest absolute Gasteiger partial charge is 0.407 e. The quantitative estimate of drug-likeness (QED) is 0.679. The Morgan fingerprint density at radius 3 is 2.50 bits per heavy atom. The summed E-state index contributed by atoms with van der Waals surface area (Å²) in [6.07, 6.45) is -3.66. The Balaban J connectivity index is 2.54. The monoisotopic (exact) mass is 184 g/mol. The van der Waals surface area contributed by atoms with Crippen LogP contribution in [-0.2, 0) is 4.84 Å². The lowest BCUT2D eigenvalue weighted by Gasteiger charge is -2.26. The minimum absolute atomic E-state index is 0.307. The fourth-order valence-corrected chi connectivity index (χ4v) is 1.13. The van der Waals surface area contributed by atoms with E-state index in [2.05, 4.69) is 0 Å². The van der Waals surface area contributed by atoms with Crippen molar-refractivity contribution in [3.8, 4) is 0 Å². The molecule has 0 aliphatic carbocycles. The summed E-state index contributed by atoms with van der Waals surface area (Å²) < 4.78 is 36.5. The first-order valence-corrected chi connectivity index (χ1v) is 3.72. The van der Waals surface area contributed by atoms with Crippen LogP contribution in [0.3, 0.4) is 0 Å². The molecule has 0 aromatic rings. The molecule has 0 spiro atoms. The van der Waals surface area contributed by atoms with Gasteiger partial charge in [0.15, 0.2) is 0 Å². The van der Waals surface area contributed by atoms with Crippen LogP contribution in [0.2, 0.25) is 0 Å². The molecule has 1 saturated heterocycles. The first-order chi connectivity index (χ1) is 5.55. The van der Waals surface area contributed by atoms with Crippen LogP contribution >= 0.6 is 0 Å². The van der Waals surface area contributed by atoms with Crippen LogP contribution in [0, 0.1) is 0 Å². The predicted molar refractivity (Wildman–Crippen MR) is 36.2 cm³/mol. The van der Waals surface area contributed by atoms with Gasteiger partial charge in [0.2, 0.25) is 0 Å². The first-order valence-electron chi connectivity index (χ1n) is 3.72. The zero-order valence-electron chi connectivity index (χ0n) is 6.47. The third-order valence-corrected chi connectivity index (χ3v) is 1.73. The molecule has 1 unspecified atom stereocenters. The van der Waals surface area contributed by atoms with Crippen LogP contribution in [-0.4, -0.2) is 37.0 Å². The summed E-state index contributed by atoms with van der Waals surface area (Å²) in [5, 5.41) is 0.917. The number of rotatable bonds is 2. The van der Waals surface area contributed by atoms with Crippen molar-refractivity contribution in [2.75, 3.05) is 19.7 Å². The fourth-order valence-electron chi connectivity index (χ4n) is 1.13. The Bertz CT molecular complexity index is 144. The molecule has 0 radical (unpaired) electrons. The molecule has 3 nitrogen and oxygen atoms in total. The number of hydroxylamine groups is 2. The maximum Gasteiger partial charge on any atom is 0.407 e. The van der Waals surface area contributed by atoms with Crippen molar-refractivity contribution in [2.24, 2.45) is 5.73 Å². The van der Waals surface area contributed by atoms with Crippen LogP contribution in [0.1, 0.15) is 6.42 Å². The van der Waals surface area contributed by atoms with E-state index in [1.807, 2.05) is 0 Å². The smallest absolute Gasteiger partial charge is 0.328 e. The molecule has 6 heteroatoms. The van der Waals surface area contributed by atoms with Crippen molar-refractivity contribution in [3.63, 3.8) is 0 Å². The third kappa shape index (κ3) is 2.09. The molecular weight excluding hydrogens is 173 g/mol. The Morgan fingerprint density at radius 2 is 2.17 bits per heavy atom. The van der Waals surface area contributed by atoms with Gasteiger partial charge in [-0.25, -0.2) is 0 Å². The van der Waals surface area contributed by atoms with E-state index >= 15 is 0 Å². The summed E-state index contributed by atoms with van der Waals surface area (Å²) in [6.45, 7) is 0.206. The summed E-state index contributed by atoms with van der Waals surface area (Å²) >= 11 is 0. The van der Waals surface area contributed by atoms with Crippen molar-refractivity contribution >= 4 is 0 Å². The number of alkyl halides is 3. The van der Waals surface area contributed by atoms with Crippen LogP contribution in [0.5, 0.6) is 0 Å². The van der Waals surface area contributed by atoms with Gasteiger partial charge in [-0.05, 0) is 6.42 Å². The van der Waals surface area contributed by atoms with Gasteiger partial charge in [0.05, 0.1) is 6.61 Å². The lowest BCUT2D eigenvalue weighted by atomic mass is 10.3. The van der Waals surface area contributed by atoms with Crippen molar-refractivity contribution in [3.05, 3.63) is 0 Å². The van der Waals surface area contributed by atoms with E-state index in [1.165, 1.54) is 0 Å².